The zero-order valence-electron chi connectivity index (χ0n) is 19.5. The summed E-state index contributed by atoms with van der Waals surface area (Å²) in [7, 11) is 1.72. The van der Waals surface area contributed by atoms with Crippen molar-refractivity contribution in [3.05, 3.63) is 16.1 Å². The van der Waals surface area contributed by atoms with Gasteiger partial charge in [-0.15, -0.1) is 11.3 Å². The Morgan fingerprint density at radius 3 is 2.48 bits per heavy atom. The lowest BCUT2D eigenvalue weighted by atomic mass is 9.93. The minimum atomic E-state index is 0.158. The molecule has 3 rings (SSSR count). The predicted molar refractivity (Wildman–Crippen MR) is 128 cm³/mol. The Kier molecular flexibility index (Phi) is 9.58. The lowest BCUT2D eigenvalue weighted by molar-refractivity contribution is -0.121. The van der Waals surface area contributed by atoms with Gasteiger partial charge in [-0.05, 0) is 64.0 Å². The number of aromatic nitrogens is 1. The minimum absolute atomic E-state index is 0.158. The Bertz CT molecular complexity index is 705. The van der Waals surface area contributed by atoms with Gasteiger partial charge in [-0.3, -0.25) is 14.7 Å². The van der Waals surface area contributed by atoms with E-state index in [4.69, 9.17) is 9.98 Å². The Balaban J connectivity index is 1.43. The average Bonchev–Trinajstić information content (AvgIpc) is 3.25. The van der Waals surface area contributed by atoms with Crippen molar-refractivity contribution >= 4 is 23.2 Å². The summed E-state index contributed by atoms with van der Waals surface area (Å²) in [4.78, 5) is 26.3. The fraction of sp³-hybridized carbons (Fsp3) is 0.783. The number of hydrogen-bond donors (Lipinski definition) is 2. The normalized spacial score (nSPS) is 19.6. The van der Waals surface area contributed by atoms with Crippen molar-refractivity contribution < 1.29 is 4.79 Å². The summed E-state index contributed by atoms with van der Waals surface area (Å²) in [5, 5.41) is 9.70. The summed E-state index contributed by atoms with van der Waals surface area (Å²) < 4.78 is 0. The summed E-state index contributed by atoms with van der Waals surface area (Å²) in [6.45, 7) is 11.3. The Hall–Kier alpha value is -1.67. The first-order valence-electron chi connectivity index (χ1n) is 12.0. The number of thiazole rings is 1. The second-order valence-electron chi connectivity index (χ2n) is 8.81. The van der Waals surface area contributed by atoms with E-state index < -0.39 is 0 Å². The molecule has 2 aliphatic rings. The predicted octanol–water partition coefficient (Wildman–Crippen LogP) is 2.73. The van der Waals surface area contributed by atoms with Crippen LogP contribution in [0.3, 0.4) is 0 Å². The number of likely N-dealkylation sites (tertiary alicyclic amines) is 2. The molecule has 2 fully saturated rings. The number of nitrogens with one attached hydrogen (secondary N) is 2. The van der Waals surface area contributed by atoms with Gasteiger partial charge in [0, 0.05) is 51.6 Å². The van der Waals surface area contributed by atoms with Crippen LogP contribution in [0.4, 0.5) is 0 Å². The molecule has 0 atom stereocenters. The second kappa shape index (κ2) is 12.4. The van der Waals surface area contributed by atoms with Crippen LogP contribution in [-0.4, -0.2) is 73.0 Å². The Morgan fingerprint density at radius 2 is 1.87 bits per heavy atom. The second-order valence-corrected chi connectivity index (χ2v) is 9.75. The van der Waals surface area contributed by atoms with Crippen molar-refractivity contribution in [2.45, 2.75) is 58.9 Å². The van der Waals surface area contributed by atoms with Crippen LogP contribution in [0.25, 0.3) is 0 Å². The molecule has 1 amide bonds. The molecule has 31 heavy (non-hydrogen) atoms. The molecule has 0 spiro atoms. The number of guanidine groups is 1. The van der Waals surface area contributed by atoms with Gasteiger partial charge in [-0.25, -0.2) is 4.98 Å². The van der Waals surface area contributed by atoms with Crippen LogP contribution in [0.2, 0.25) is 0 Å². The highest BCUT2D eigenvalue weighted by atomic mass is 32.1. The lowest BCUT2D eigenvalue weighted by Crippen LogP contribution is -2.46. The summed E-state index contributed by atoms with van der Waals surface area (Å²) in [5.41, 5.74) is 1.23. The molecule has 2 saturated heterocycles. The maximum atomic E-state index is 11.6. The van der Waals surface area contributed by atoms with E-state index >= 15 is 0 Å². The molecule has 8 heteroatoms. The van der Waals surface area contributed by atoms with Crippen LogP contribution in [0.5, 0.6) is 0 Å². The summed E-state index contributed by atoms with van der Waals surface area (Å²) in [6, 6.07) is 0. The number of amides is 1. The maximum absolute atomic E-state index is 11.6. The van der Waals surface area contributed by atoms with Crippen LogP contribution in [0.1, 0.15) is 56.7 Å². The first kappa shape index (κ1) is 24.0. The molecule has 174 valence electrons. The van der Waals surface area contributed by atoms with E-state index in [1.165, 1.54) is 23.5 Å². The number of carbonyl (C=O) groups excluding carboxylic acids is 1. The van der Waals surface area contributed by atoms with E-state index in [1.54, 1.807) is 18.4 Å². The molecule has 0 bridgehead atoms. The van der Waals surface area contributed by atoms with E-state index in [9.17, 15) is 4.79 Å². The molecule has 1 aromatic rings. The molecule has 7 nitrogen and oxygen atoms in total. The van der Waals surface area contributed by atoms with Crippen molar-refractivity contribution in [1.82, 2.24) is 25.4 Å². The first-order valence-corrected chi connectivity index (χ1v) is 12.9. The molecule has 1 aromatic heterocycles. The number of piperidine rings is 2. The number of nitrogens with zero attached hydrogens (tertiary/aromatic N) is 4. The van der Waals surface area contributed by atoms with Crippen molar-refractivity contribution in [2.24, 2.45) is 16.8 Å². The van der Waals surface area contributed by atoms with E-state index in [0.717, 1.165) is 71.0 Å². The van der Waals surface area contributed by atoms with Crippen molar-refractivity contribution in [3.8, 4) is 0 Å². The van der Waals surface area contributed by atoms with Crippen LogP contribution in [0.15, 0.2) is 10.4 Å². The maximum Gasteiger partial charge on any atom is 0.220 e. The van der Waals surface area contributed by atoms with Crippen molar-refractivity contribution in [2.75, 3.05) is 46.3 Å². The van der Waals surface area contributed by atoms with Gasteiger partial charge in [-0.2, -0.15) is 0 Å². The van der Waals surface area contributed by atoms with Crippen molar-refractivity contribution in [3.63, 3.8) is 0 Å². The molecular weight excluding hydrogens is 408 g/mol. The van der Waals surface area contributed by atoms with Crippen LogP contribution < -0.4 is 10.6 Å². The molecule has 2 N–H and O–H groups in total. The minimum Gasteiger partial charge on any atom is -0.359 e. The number of aryl methyl sites for hydroxylation is 1. The number of hydrogen-bond acceptors (Lipinski definition) is 5. The topological polar surface area (TPSA) is 72.9 Å². The molecule has 0 saturated carbocycles. The highest BCUT2D eigenvalue weighted by molar-refractivity contribution is 7.09. The van der Waals surface area contributed by atoms with E-state index in [-0.39, 0.29) is 5.91 Å². The number of aliphatic imine (C=N–C) groups is 1. The average molecular weight is 449 g/mol. The van der Waals surface area contributed by atoms with Crippen LogP contribution in [-0.2, 0) is 17.8 Å². The van der Waals surface area contributed by atoms with Gasteiger partial charge in [0.05, 0.1) is 10.7 Å². The van der Waals surface area contributed by atoms with Gasteiger partial charge >= 0.3 is 0 Å². The highest BCUT2D eigenvalue weighted by Gasteiger charge is 2.24. The van der Waals surface area contributed by atoms with Gasteiger partial charge in [0.15, 0.2) is 5.96 Å². The van der Waals surface area contributed by atoms with E-state index in [2.05, 4.69) is 39.7 Å². The monoisotopic (exact) mass is 448 g/mol. The first-order chi connectivity index (χ1) is 15.1. The van der Waals surface area contributed by atoms with Gasteiger partial charge in [0.25, 0.3) is 0 Å². The third-order valence-corrected chi connectivity index (χ3v) is 7.54. The van der Waals surface area contributed by atoms with Gasteiger partial charge in [-0.1, -0.05) is 6.92 Å². The molecule has 0 aromatic carbocycles. The standard InChI is InChI=1S/C23H40N6OS/c1-4-22-27-20(17-31-22)16-28-10-6-19(7-11-28)15-26-23(25-5-2)29-12-8-18(9-13-29)14-21(30)24-3/h17-19H,4-16H2,1-3H3,(H,24,30)(H,25,26). The van der Waals surface area contributed by atoms with Crippen LogP contribution >= 0.6 is 11.3 Å². The smallest absolute Gasteiger partial charge is 0.220 e. The Morgan fingerprint density at radius 1 is 1.16 bits per heavy atom. The van der Waals surface area contributed by atoms with E-state index in [0.29, 0.717) is 18.3 Å². The zero-order chi connectivity index (χ0) is 22.1. The van der Waals surface area contributed by atoms with Gasteiger partial charge < -0.3 is 15.5 Å². The zero-order valence-corrected chi connectivity index (χ0v) is 20.3. The largest absolute Gasteiger partial charge is 0.359 e. The summed E-state index contributed by atoms with van der Waals surface area (Å²) in [6.07, 6.45) is 6.23. The number of carbonyl (C=O) groups is 1. The quantitative estimate of drug-likeness (QED) is 0.473. The van der Waals surface area contributed by atoms with Crippen molar-refractivity contribution in [1.29, 1.82) is 0 Å². The summed E-state index contributed by atoms with van der Waals surface area (Å²) in [5.74, 6) is 2.37. The third kappa shape index (κ3) is 7.45. The lowest BCUT2D eigenvalue weighted by Gasteiger charge is -2.35. The third-order valence-electron chi connectivity index (χ3n) is 6.50. The Labute approximate surface area is 191 Å². The fourth-order valence-corrected chi connectivity index (χ4v) is 5.23. The number of rotatable bonds is 8. The van der Waals surface area contributed by atoms with Gasteiger partial charge in [0.2, 0.25) is 5.91 Å². The molecule has 3 heterocycles. The fourth-order valence-electron chi connectivity index (χ4n) is 4.49. The molecule has 0 radical (unpaired) electrons. The molecular formula is C23H40N6OS. The van der Waals surface area contributed by atoms with E-state index in [1.807, 2.05) is 0 Å². The van der Waals surface area contributed by atoms with Gasteiger partial charge in [0.1, 0.15) is 0 Å². The SMILES string of the molecule is CCNC(=NCC1CCN(Cc2csc(CC)n2)CC1)N1CCC(CC(=O)NC)CC1. The molecule has 0 unspecified atom stereocenters. The molecule has 0 aliphatic carbocycles. The highest BCUT2D eigenvalue weighted by Crippen LogP contribution is 2.22. The van der Waals surface area contributed by atoms with Crippen LogP contribution in [0, 0.1) is 11.8 Å². The molecule has 2 aliphatic heterocycles. The summed E-state index contributed by atoms with van der Waals surface area (Å²) >= 11 is 1.79.